The second kappa shape index (κ2) is 10.5. The van der Waals surface area contributed by atoms with E-state index in [9.17, 15) is 28.0 Å². The SMILES string of the molecule is Cc1ccc(CNC(=O)C2c3ccccc3C(=O)N2CCC(C)(C)C#N)cc1.FC(F)(F)C1CC1. The average Bonchev–Trinajstić information content (AvgIpc) is 3.64. The molecule has 0 saturated heterocycles. The Morgan fingerprint density at radius 1 is 1.11 bits per heavy atom. The number of carbonyl (C=O) groups is 2. The van der Waals surface area contributed by atoms with E-state index in [1.54, 1.807) is 17.0 Å². The summed E-state index contributed by atoms with van der Waals surface area (Å²) < 4.78 is 33.7. The molecule has 1 saturated carbocycles. The van der Waals surface area contributed by atoms with Crippen LogP contribution in [0, 0.1) is 29.6 Å². The third-order valence-electron chi connectivity index (χ3n) is 6.21. The van der Waals surface area contributed by atoms with Gasteiger partial charge in [0.25, 0.3) is 5.91 Å². The number of hydrogen-bond acceptors (Lipinski definition) is 3. The molecule has 0 bridgehead atoms. The van der Waals surface area contributed by atoms with Crippen molar-refractivity contribution in [3.05, 3.63) is 70.8 Å². The molecule has 1 heterocycles. The van der Waals surface area contributed by atoms with E-state index >= 15 is 0 Å². The maximum absolute atomic E-state index is 13.0. The molecule has 0 aromatic heterocycles. The van der Waals surface area contributed by atoms with Gasteiger partial charge in [-0.2, -0.15) is 18.4 Å². The first-order valence-corrected chi connectivity index (χ1v) is 11.6. The minimum atomic E-state index is -3.89. The van der Waals surface area contributed by atoms with E-state index < -0.39 is 23.6 Å². The number of benzene rings is 2. The lowest BCUT2D eigenvalue weighted by atomic mass is 9.91. The molecule has 2 amide bonds. The van der Waals surface area contributed by atoms with Gasteiger partial charge < -0.3 is 10.2 Å². The monoisotopic (exact) mass is 485 g/mol. The number of rotatable bonds is 6. The van der Waals surface area contributed by atoms with Crippen molar-refractivity contribution in [3.63, 3.8) is 0 Å². The van der Waals surface area contributed by atoms with Crippen LogP contribution in [0.4, 0.5) is 13.2 Å². The second-order valence-corrected chi connectivity index (χ2v) is 9.75. The van der Waals surface area contributed by atoms with Crippen molar-refractivity contribution in [2.45, 2.75) is 58.8 Å². The Balaban J connectivity index is 0.000000420. The van der Waals surface area contributed by atoms with Gasteiger partial charge in [0.2, 0.25) is 5.91 Å². The van der Waals surface area contributed by atoms with Crippen molar-refractivity contribution in [3.8, 4) is 6.07 Å². The Morgan fingerprint density at radius 2 is 1.74 bits per heavy atom. The lowest BCUT2D eigenvalue weighted by Crippen LogP contribution is -2.40. The van der Waals surface area contributed by atoms with E-state index in [0.717, 1.165) is 16.7 Å². The quantitative estimate of drug-likeness (QED) is 0.570. The predicted molar refractivity (Wildman–Crippen MR) is 126 cm³/mol. The van der Waals surface area contributed by atoms with Gasteiger partial charge in [0, 0.05) is 18.7 Å². The van der Waals surface area contributed by atoms with Crippen LogP contribution in [0.5, 0.6) is 0 Å². The van der Waals surface area contributed by atoms with Crippen molar-refractivity contribution in [2.24, 2.45) is 11.3 Å². The highest BCUT2D eigenvalue weighted by molar-refractivity contribution is 6.04. The number of alkyl halides is 3. The van der Waals surface area contributed by atoms with Crippen LogP contribution in [0.2, 0.25) is 0 Å². The van der Waals surface area contributed by atoms with Gasteiger partial charge in [-0.05, 0) is 57.2 Å². The molecule has 1 aliphatic carbocycles. The molecule has 5 nitrogen and oxygen atoms in total. The molecular formula is C27H30F3N3O2. The van der Waals surface area contributed by atoms with Gasteiger partial charge >= 0.3 is 6.18 Å². The minimum absolute atomic E-state index is 0.153. The zero-order valence-electron chi connectivity index (χ0n) is 20.2. The summed E-state index contributed by atoms with van der Waals surface area (Å²) in [6.45, 7) is 6.46. The summed E-state index contributed by atoms with van der Waals surface area (Å²) in [4.78, 5) is 27.5. The van der Waals surface area contributed by atoms with Crippen molar-refractivity contribution in [1.82, 2.24) is 10.2 Å². The van der Waals surface area contributed by atoms with Crippen LogP contribution in [0.25, 0.3) is 0 Å². The number of halogens is 3. The first-order chi connectivity index (χ1) is 16.4. The highest BCUT2D eigenvalue weighted by Crippen LogP contribution is 2.43. The van der Waals surface area contributed by atoms with Crippen LogP contribution in [0.15, 0.2) is 48.5 Å². The smallest absolute Gasteiger partial charge is 0.350 e. The van der Waals surface area contributed by atoms with Crippen LogP contribution in [-0.2, 0) is 11.3 Å². The molecule has 0 spiro atoms. The Kier molecular flexibility index (Phi) is 7.89. The Hall–Kier alpha value is -3.34. The molecule has 8 heteroatoms. The molecule has 2 aliphatic rings. The van der Waals surface area contributed by atoms with Crippen molar-refractivity contribution < 1.29 is 22.8 Å². The number of aryl methyl sites for hydroxylation is 1. The summed E-state index contributed by atoms with van der Waals surface area (Å²) >= 11 is 0. The molecule has 1 unspecified atom stereocenters. The van der Waals surface area contributed by atoms with E-state index in [4.69, 9.17) is 0 Å². The van der Waals surface area contributed by atoms with Gasteiger partial charge in [0.1, 0.15) is 6.04 Å². The van der Waals surface area contributed by atoms with Gasteiger partial charge in [-0.1, -0.05) is 48.0 Å². The van der Waals surface area contributed by atoms with E-state index in [2.05, 4.69) is 11.4 Å². The molecular weight excluding hydrogens is 455 g/mol. The number of amides is 2. The van der Waals surface area contributed by atoms with E-state index in [1.807, 2.05) is 57.2 Å². The summed E-state index contributed by atoms with van der Waals surface area (Å²) in [5.41, 5.74) is 2.90. The lowest BCUT2D eigenvalue weighted by Gasteiger charge is -2.27. The fourth-order valence-corrected chi connectivity index (χ4v) is 3.74. The zero-order chi connectivity index (χ0) is 25.8. The Labute approximate surface area is 203 Å². The highest BCUT2D eigenvalue weighted by Gasteiger charge is 2.47. The molecule has 35 heavy (non-hydrogen) atoms. The van der Waals surface area contributed by atoms with Crippen molar-refractivity contribution in [1.29, 1.82) is 5.26 Å². The first kappa shape index (κ1) is 26.3. The van der Waals surface area contributed by atoms with Gasteiger partial charge in [0.05, 0.1) is 17.4 Å². The molecule has 1 fully saturated rings. The molecule has 0 radical (unpaired) electrons. The zero-order valence-corrected chi connectivity index (χ0v) is 20.2. The van der Waals surface area contributed by atoms with Crippen LogP contribution in [-0.4, -0.2) is 29.4 Å². The molecule has 1 atom stereocenters. The maximum atomic E-state index is 13.0. The van der Waals surface area contributed by atoms with E-state index in [-0.39, 0.29) is 11.8 Å². The summed E-state index contributed by atoms with van der Waals surface area (Å²) in [5, 5.41) is 12.2. The average molecular weight is 486 g/mol. The minimum Gasteiger partial charge on any atom is -0.350 e. The van der Waals surface area contributed by atoms with E-state index in [1.165, 1.54) is 0 Å². The van der Waals surface area contributed by atoms with Gasteiger partial charge in [0.15, 0.2) is 0 Å². The van der Waals surface area contributed by atoms with Crippen LogP contribution < -0.4 is 5.32 Å². The summed E-state index contributed by atoms with van der Waals surface area (Å²) in [6, 6.07) is 16.8. The van der Waals surface area contributed by atoms with Gasteiger partial charge in [-0.25, -0.2) is 0 Å². The first-order valence-electron chi connectivity index (χ1n) is 11.6. The third-order valence-corrected chi connectivity index (χ3v) is 6.21. The molecule has 4 rings (SSSR count). The number of nitrogens with one attached hydrogen (secondary N) is 1. The van der Waals surface area contributed by atoms with E-state index in [0.29, 0.717) is 37.9 Å². The number of hydrogen-bond donors (Lipinski definition) is 1. The van der Waals surface area contributed by atoms with Crippen molar-refractivity contribution >= 4 is 11.8 Å². The summed E-state index contributed by atoms with van der Waals surface area (Å²) in [6.07, 6.45) is -2.68. The number of carbonyl (C=O) groups excluding carboxylic acids is 2. The largest absolute Gasteiger partial charge is 0.391 e. The molecule has 2 aromatic rings. The van der Waals surface area contributed by atoms with Gasteiger partial charge in [-0.15, -0.1) is 0 Å². The topological polar surface area (TPSA) is 73.2 Å². The van der Waals surface area contributed by atoms with Gasteiger partial charge in [-0.3, -0.25) is 9.59 Å². The maximum Gasteiger partial charge on any atom is 0.391 e. The molecule has 186 valence electrons. The van der Waals surface area contributed by atoms with Crippen molar-refractivity contribution in [2.75, 3.05) is 6.54 Å². The number of fused-ring (bicyclic) bond motifs is 1. The highest BCUT2D eigenvalue weighted by atomic mass is 19.4. The Morgan fingerprint density at radius 3 is 2.29 bits per heavy atom. The molecule has 1 N–H and O–H groups in total. The number of nitriles is 1. The molecule has 2 aromatic carbocycles. The summed E-state index contributed by atoms with van der Waals surface area (Å²) in [5.74, 6) is -1.30. The molecule has 1 aliphatic heterocycles. The van der Waals surface area contributed by atoms with Crippen LogP contribution >= 0.6 is 0 Å². The fraction of sp³-hybridized carbons (Fsp3) is 0.444. The lowest BCUT2D eigenvalue weighted by molar-refractivity contribution is -0.147. The standard InChI is InChI=1S/C23H25N3O2.C4H5F3/c1-16-8-10-17(11-9-16)14-25-21(27)20-18-6-4-5-7-19(18)22(28)26(20)13-12-23(2,3)15-24;5-4(6,7)3-1-2-3/h4-11,20H,12-14H2,1-3H3,(H,25,27);3H,1-2H2. The Bertz CT molecular complexity index is 1100. The summed E-state index contributed by atoms with van der Waals surface area (Å²) in [7, 11) is 0. The third kappa shape index (κ3) is 6.84. The predicted octanol–water partition coefficient (Wildman–Crippen LogP) is 5.71. The van der Waals surface area contributed by atoms with Crippen LogP contribution in [0.1, 0.15) is 66.2 Å². The van der Waals surface area contributed by atoms with Crippen LogP contribution in [0.3, 0.4) is 0 Å². The fourth-order valence-electron chi connectivity index (χ4n) is 3.74. The second-order valence-electron chi connectivity index (χ2n) is 9.75. The number of nitrogens with zero attached hydrogens (tertiary/aromatic N) is 2. The normalized spacial score (nSPS) is 17.2.